The minimum absolute atomic E-state index is 0.0550. The largest absolute Gasteiger partial charge is 0.458 e. The van der Waals surface area contributed by atoms with Crippen LogP contribution in [-0.2, 0) is 16.2 Å². The lowest BCUT2D eigenvalue weighted by Crippen LogP contribution is -2.34. The second-order valence-corrected chi connectivity index (χ2v) is 22.3. The van der Waals surface area contributed by atoms with Crippen molar-refractivity contribution in [3.63, 3.8) is 0 Å². The van der Waals surface area contributed by atoms with Crippen LogP contribution in [0.1, 0.15) is 79.0 Å². The summed E-state index contributed by atoms with van der Waals surface area (Å²) >= 11 is 0. The zero-order valence-corrected chi connectivity index (χ0v) is 43.3. The fraction of sp³-hybridized carbons (Fsp3) is 0.179. The molecule has 0 atom stereocenters. The molecule has 0 bridgehead atoms. The van der Waals surface area contributed by atoms with Gasteiger partial charge in [-0.15, -0.1) is 5.10 Å². The fourth-order valence-electron chi connectivity index (χ4n) is 9.82. The summed E-state index contributed by atoms with van der Waals surface area (Å²) in [5, 5.41) is 7.85. The van der Waals surface area contributed by atoms with Crippen molar-refractivity contribution in [2.45, 2.75) is 78.6 Å². The predicted molar refractivity (Wildman–Crippen MR) is 300 cm³/mol. The molecule has 6 nitrogen and oxygen atoms in total. The molecule has 3 aromatic heterocycles. The van der Waals surface area contributed by atoms with Crippen molar-refractivity contribution in [3.05, 3.63) is 229 Å². The van der Waals surface area contributed by atoms with Crippen LogP contribution in [0.15, 0.2) is 206 Å². The fourth-order valence-corrected chi connectivity index (χ4v) is 9.82. The molecule has 0 amide bonds. The number of hydrogen-bond donors (Lipinski definition) is 0. The number of benzene rings is 8. The highest BCUT2D eigenvalue weighted by molar-refractivity contribution is 6.10. The highest BCUT2D eigenvalue weighted by atomic mass is 16.5. The van der Waals surface area contributed by atoms with Crippen LogP contribution in [0.4, 0.5) is 0 Å². The van der Waals surface area contributed by atoms with E-state index < -0.39 is 0 Å². The van der Waals surface area contributed by atoms with E-state index in [9.17, 15) is 0 Å². The van der Waals surface area contributed by atoms with Crippen LogP contribution >= 0.6 is 0 Å². The van der Waals surface area contributed by atoms with Crippen LogP contribution in [0.25, 0.3) is 83.8 Å². The Hall–Kier alpha value is -8.35. The molecule has 11 rings (SSSR count). The van der Waals surface area contributed by atoms with Gasteiger partial charge in [0, 0.05) is 28.6 Å². The molecule has 0 fully saturated rings. The third-order valence-electron chi connectivity index (χ3n) is 14.0. The molecule has 0 saturated heterocycles. The number of nitrogens with zero attached hydrogens (tertiary/aromatic N) is 5. The minimum Gasteiger partial charge on any atom is -0.458 e. The summed E-state index contributed by atoms with van der Waals surface area (Å²) in [6.07, 6.45) is 5.70. The first-order valence-electron chi connectivity index (χ1n) is 25.3. The van der Waals surface area contributed by atoms with Crippen LogP contribution in [0.5, 0.6) is 11.5 Å². The van der Waals surface area contributed by atoms with Crippen molar-refractivity contribution in [1.29, 1.82) is 0 Å². The number of fused-ring (bicyclic) bond motifs is 3. The Labute approximate surface area is 429 Å². The zero-order chi connectivity index (χ0) is 50.6. The van der Waals surface area contributed by atoms with Crippen molar-refractivity contribution in [3.8, 4) is 73.5 Å². The summed E-state index contributed by atoms with van der Waals surface area (Å²) in [4.78, 5) is 4.98. The van der Waals surface area contributed by atoms with E-state index in [4.69, 9.17) is 14.8 Å². The smallest absolute Gasteiger partial charge is 0.273 e. The number of aromatic nitrogens is 5. The first-order chi connectivity index (χ1) is 35.1. The molecule has 8 aromatic carbocycles. The van der Waals surface area contributed by atoms with E-state index >= 15 is 0 Å². The molecule has 0 N–H and O–H groups in total. The van der Waals surface area contributed by atoms with Crippen molar-refractivity contribution < 1.29 is 9.42 Å². The number of pyridine rings is 1. The SMILES string of the molecule is CC(C)(C)c1cc(-[n+]2[c-]n(-c3cccc(Oc4ccc5c6cc(-c7ccccc7)ccc6n(-c6cc(C(C)(C)C)ccn6)c5c4)c3)c(-c3c(-c4ccccc4)cccc3-c3ccccc3)n2)cc(C(C)(C)C)c1. The molecule has 0 saturated carbocycles. The standard InChI is InChI=1S/C67H61N5O/c1-65(2,3)49-35-36-68-62(41-49)72-60-34-31-48(45-21-13-10-14-22-45)37-59(60)58-33-32-55(43-61(58)72)73-54-28-19-27-52(42-54)70-44-71(53-39-50(66(4,5)6)38-51(40-53)67(7,8)9)69-64(70)63-56(46-23-15-11-16-24-46)29-20-30-57(63)47-25-17-12-18-26-47/h10-43H,1-9H3. The Kier molecular flexibility index (Phi) is 11.8. The average molecular weight is 952 g/mol. The first kappa shape index (κ1) is 47.0. The lowest BCUT2D eigenvalue weighted by atomic mass is 9.80. The molecule has 11 aromatic rings. The van der Waals surface area contributed by atoms with Crippen LogP contribution in [0, 0.1) is 6.33 Å². The second-order valence-electron chi connectivity index (χ2n) is 22.3. The van der Waals surface area contributed by atoms with Crippen molar-refractivity contribution in [1.82, 2.24) is 19.2 Å². The monoisotopic (exact) mass is 951 g/mol. The quantitative estimate of drug-likeness (QED) is 0.107. The number of rotatable bonds is 9. The van der Waals surface area contributed by atoms with Crippen LogP contribution < -0.4 is 9.42 Å². The van der Waals surface area contributed by atoms with E-state index in [0.717, 1.165) is 78.2 Å². The normalized spacial score (nSPS) is 12.2. The molecular formula is C67H61N5O. The Morgan fingerprint density at radius 1 is 0.452 bits per heavy atom. The summed E-state index contributed by atoms with van der Waals surface area (Å²) in [5.41, 5.74) is 15.0. The maximum Gasteiger partial charge on any atom is 0.273 e. The lowest BCUT2D eigenvalue weighted by molar-refractivity contribution is -0.660. The van der Waals surface area contributed by atoms with E-state index in [1.165, 1.54) is 22.3 Å². The van der Waals surface area contributed by atoms with Gasteiger partial charge in [-0.1, -0.05) is 208 Å². The number of hydrogen-bond acceptors (Lipinski definition) is 3. The van der Waals surface area contributed by atoms with Gasteiger partial charge in [0.25, 0.3) is 6.33 Å². The van der Waals surface area contributed by atoms with Gasteiger partial charge in [-0.05, 0) is 115 Å². The summed E-state index contributed by atoms with van der Waals surface area (Å²) in [7, 11) is 0. The van der Waals surface area contributed by atoms with Crippen LogP contribution in [0.2, 0.25) is 0 Å². The van der Waals surface area contributed by atoms with E-state index in [-0.39, 0.29) is 16.2 Å². The highest BCUT2D eigenvalue weighted by Crippen LogP contribution is 2.42. The molecule has 0 radical (unpaired) electrons. The van der Waals surface area contributed by atoms with Gasteiger partial charge in [-0.25, -0.2) is 4.98 Å². The second kappa shape index (κ2) is 18.4. The lowest BCUT2D eigenvalue weighted by Gasteiger charge is -2.26. The van der Waals surface area contributed by atoms with Gasteiger partial charge in [0.2, 0.25) is 0 Å². The van der Waals surface area contributed by atoms with Gasteiger partial charge in [-0.3, -0.25) is 9.13 Å². The van der Waals surface area contributed by atoms with Crippen molar-refractivity contribution in [2.75, 3.05) is 0 Å². The summed E-state index contributed by atoms with van der Waals surface area (Å²) in [5.74, 6) is 3.01. The number of ether oxygens (including phenoxy) is 1. The van der Waals surface area contributed by atoms with E-state index in [1.807, 2.05) is 23.0 Å². The summed E-state index contributed by atoms with van der Waals surface area (Å²) in [6.45, 7) is 20.3. The minimum atomic E-state index is -0.0938. The molecule has 0 aliphatic carbocycles. The van der Waals surface area contributed by atoms with E-state index in [0.29, 0.717) is 11.5 Å². The zero-order valence-electron chi connectivity index (χ0n) is 43.3. The third kappa shape index (κ3) is 9.26. The maximum absolute atomic E-state index is 6.95. The van der Waals surface area contributed by atoms with Gasteiger partial charge in [0.05, 0.1) is 22.4 Å². The average Bonchev–Trinajstić information content (AvgIpc) is 3.98. The maximum atomic E-state index is 6.95. The predicted octanol–water partition coefficient (Wildman–Crippen LogP) is 16.8. The van der Waals surface area contributed by atoms with Crippen LogP contribution in [-0.4, -0.2) is 19.2 Å². The van der Waals surface area contributed by atoms with E-state index in [2.05, 4.69) is 266 Å². The molecule has 3 heterocycles. The van der Waals surface area contributed by atoms with Gasteiger partial charge < -0.3 is 4.74 Å². The van der Waals surface area contributed by atoms with Crippen molar-refractivity contribution >= 4 is 21.8 Å². The summed E-state index contributed by atoms with van der Waals surface area (Å²) < 4.78 is 13.3. The Balaban J connectivity index is 1.09. The van der Waals surface area contributed by atoms with Gasteiger partial charge >= 0.3 is 0 Å². The Bertz CT molecular complexity index is 3720. The Morgan fingerprint density at radius 2 is 1.04 bits per heavy atom. The van der Waals surface area contributed by atoms with Crippen molar-refractivity contribution in [2.24, 2.45) is 0 Å². The summed E-state index contributed by atoms with van der Waals surface area (Å²) in [6, 6.07) is 70.9. The molecule has 73 heavy (non-hydrogen) atoms. The van der Waals surface area contributed by atoms with E-state index in [1.54, 1.807) is 0 Å². The van der Waals surface area contributed by atoms with Crippen LogP contribution in [0.3, 0.4) is 0 Å². The molecule has 0 spiro atoms. The topological polar surface area (TPSA) is 48.8 Å². The highest BCUT2D eigenvalue weighted by Gasteiger charge is 2.26. The third-order valence-corrected chi connectivity index (χ3v) is 14.0. The first-order valence-corrected chi connectivity index (χ1v) is 25.3. The molecular weight excluding hydrogens is 891 g/mol. The Morgan fingerprint density at radius 3 is 1.66 bits per heavy atom. The molecule has 0 unspecified atom stereocenters. The molecule has 360 valence electrons. The van der Waals surface area contributed by atoms with Gasteiger partial charge in [-0.2, -0.15) is 4.68 Å². The molecule has 6 heteroatoms. The van der Waals surface area contributed by atoms with Gasteiger partial charge in [0.1, 0.15) is 17.3 Å². The molecule has 0 aliphatic rings. The molecule has 0 aliphatic heterocycles. The van der Waals surface area contributed by atoms with Gasteiger partial charge in [0.15, 0.2) is 5.82 Å².